The van der Waals surface area contributed by atoms with Crippen molar-refractivity contribution >= 4 is 32.3 Å². The van der Waals surface area contributed by atoms with Gasteiger partial charge in [0, 0.05) is 16.8 Å². The molecule has 4 aromatic carbocycles. The summed E-state index contributed by atoms with van der Waals surface area (Å²) in [6.07, 6.45) is 2.17. The molecule has 134 valence electrons. The summed E-state index contributed by atoms with van der Waals surface area (Å²) in [4.78, 5) is 0. The molecule has 2 heterocycles. The summed E-state index contributed by atoms with van der Waals surface area (Å²) < 4.78 is 8.89. The van der Waals surface area contributed by atoms with Crippen LogP contribution in [0.3, 0.4) is 0 Å². The monoisotopic (exact) mass is 362 g/mol. The number of ether oxygens (including phenoxy) is 1. The summed E-state index contributed by atoms with van der Waals surface area (Å²) in [6, 6.07) is 21.5. The quantitative estimate of drug-likeness (QED) is 0.226. The number of pyridine rings is 1. The molecule has 0 atom stereocenters. The largest absolute Gasteiger partial charge is 0.455 e. The standard InChI is InChI=1S/C26H20NO/c1-15-19-10-6-7-11-21(19)26-24-20(15)12-13-27(3)25(24)23-16(2)18-9-5-4-8-17(18)14-22(23)28-26/h4-14H,1-3H3/q+1. The molecule has 1 aromatic heterocycles. The van der Waals surface area contributed by atoms with E-state index in [0.29, 0.717) is 0 Å². The van der Waals surface area contributed by atoms with Crippen LogP contribution in [0.4, 0.5) is 0 Å². The molecule has 0 fully saturated rings. The van der Waals surface area contributed by atoms with E-state index in [1.807, 2.05) is 0 Å². The minimum atomic E-state index is 0.945. The first kappa shape index (κ1) is 15.6. The lowest BCUT2D eigenvalue weighted by molar-refractivity contribution is -0.659. The van der Waals surface area contributed by atoms with Gasteiger partial charge in [0.15, 0.2) is 6.20 Å². The van der Waals surface area contributed by atoms with Gasteiger partial charge in [0.1, 0.15) is 18.5 Å². The van der Waals surface area contributed by atoms with Gasteiger partial charge in [-0.05, 0) is 47.2 Å². The van der Waals surface area contributed by atoms with Gasteiger partial charge in [0.25, 0.3) is 0 Å². The van der Waals surface area contributed by atoms with Crippen molar-refractivity contribution in [1.82, 2.24) is 0 Å². The second-order valence-electron chi connectivity index (χ2n) is 7.76. The molecular formula is C26H20NO+. The maximum Gasteiger partial charge on any atom is 0.228 e. The lowest BCUT2D eigenvalue weighted by Crippen LogP contribution is -2.32. The predicted octanol–water partition coefficient (Wildman–Crippen LogP) is 6.36. The molecular weight excluding hydrogens is 342 g/mol. The molecule has 1 aliphatic heterocycles. The van der Waals surface area contributed by atoms with E-state index in [-0.39, 0.29) is 0 Å². The Morgan fingerprint density at radius 3 is 2.29 bits per heavy atom. The summed E-state index contributed by atoms with van der Waals surface area (Å²) in [7, 11) is 2.13. The van der Waals surface area contributed by atoms with Crippen LogP contribution < -0.4 is 9.30 Å². The number of nitrogens with zero attached hydrogens (tertiary/aromatic N) is 1. The Balaban J connectivity index is 1.89. The molecule has 0 radical (unpaired) electrons. The van der Waals surface area contributed by atoms with E-state index < -0.39 is 0 Å². The first-order chi connectivity index (χ1) is 13.6. The third-order valence-corrected chi connectivity index (χ3v) is 6.25. The van der Waals surface area contributed by atoms with Crippen molar-refractivity contribution in [2.45, 2.75) is 13.8 Å². The Morgan fingerprint density at radius 1 is 0.750 bits per heavy atom. The fourth-order valence-corrected chi connectivity index (χ4v) is 4.87. The lowest BCUT2D eigenvalue weighted by atomic mass is 9.89. The van der Waals surface area contributed by atoms with Crippen molar-refractivity contribution in [3.05, 3.63) is 78.0 Å². The van der Waals surface area contributed by atoms with E-state index in [9.17, 15) is 0 Å². The molecule has 28 heavy (non-hydrogen) atoms. The highest BCUT2D eigenvalue weighted by molar-refractivity contribution is 6.14. The van der Waals surface area contributed by atoms with Gasteiger partial charge in [0.2, 0.25) is 5.69 Å². The van der Waals surface area contributed by atoms with Gasteiger partial charge in [-0.25, -0.2) is 4.57 Å². The van der Waals surface area contributed by atoms with Gasteiger partial charge in [-0.15, -0.1) is 0 Å². The van der Waals surface area contributed by atoms with Crippen LogP contribution in [0.25, 0.3) is 43.6 Å². The van der Waals surface area contributed by atoms with Gasteiger partial charge in [-0.2, -0.15) is 0 Å². The maximum absolute atomic E-state index is 6.65. The Morgan fingerprint density at radius 2 is 1.46 bits per heavy atom. The summed E-state index contributed by atoms with van der Waals surface area (Å²) >= 11 is 0. The van der Waals surface area contributed by atoms with E-state index in [1.165, 1.54) is 54.7 Å². The van der Waals surface area contributed by atoms with E-state index in [2.05, 4.69) is 92.3 Å². The number of hydrogen-bond acceptors (Lipinski definition) is 1. The first-order valence-electron chi connectivity index (χ1n) is 9.69. The predicted molar refractivity (Wildman–Crippen MR) is 115 cm³/mol. The molecule has 0 amide bonds. The van der Waals surface area contributed by atoms with E-state index >= 15 is 0 Å². The number of hydrogen-bond donors (Lipinski definition) is 0. The average molecular weight is 362 g/mol. The van der Waals surface area contributed by atoms with Gasteiger partial charge >= 0.3 is 0 Å². The SMILES string of the molecule is Cc1c2c(cc3ccccc13)Oc1c3ccccc3c(C)c3cc[n+](C)c-2c13. The second kappa shape index (κ2) is 5.32. The fraction of sp³-hybridized carbons (Fsp3) is 0.115. The Hall–Kier alpha value is -3.39. The molecule has 0 spiro atoms. The van der Waals surface area contributed by atoms with Crippen LogP contribution in [0.5, 0.6) is 11.5 Å². The van der Waals surface area contributed by atoms with Crippen molar-refractivity contribution < 1.29 is 9.30 Å². The third-order valence-electron chi connectivity index (χ3n) is 6.25. The average Bonchev–Trinajstić information content (AvgIpc) is 2.72. The second-order valence-corrected chi connectivity index (χ2v) is 7.76. The van der Waals surface area contributed by atoms with Gasteiger partial charge < -0.3 is 4.74 Å². The van der Waals surface area contributed by atoms with Crippen molar-refractivity contribution in [2.75, 3.05) is 0 Å². The number of aryl methyl sites for hydroxylation is 3. The van der Waals surface area contributed by atoms with Crippen LogP contribution in [-0.2, 0) is 7.05 Å². The van der Waals surface area contributed by atoms with E-state index in [4.69, 9.17) is 4.74 Å². The van der Waals surface area contributed by atoms with Crippen molar-refractivity contribution in [3.63, 3.8) is 0 Å². The molecule has 5 aromatic rings. The smallest absolute Gasteiger partial charge is 0.228 e. The fourth-order valence-electron chi connectivity index (χ4n) is 4.87. The zero-order valence-corrected chi connectivity index (χ0v) is 16.2. The molecule has 0 saturated heterocycles. The third kappa shape index (κ3) is 1.85. The van der Waals surface area contributed by atoms with Crippen LogP contribution >= 0.6 is 0 Å². The molecule has 0 aliphatic carbocycles. The molecule has 0 bridgehead atoms. The van der Waals surface area contributed by atoms with E-state index in [1.54, 1.807) is 0 Å². The first-order valence-corrected chi connectivity index (χ1v) is 9.69. The van der Waals surface area contributed by atoms with Crippen LogP contribution in [-0.4, -0.2) is 0 Å². The topological polar surface area (TPSA) is 13.1 Å². The summed E-state index contributed by atoms with van der Waals surface area (Å²) in [5.74, 6) is 1.92. The highest BCUT2D eigenvalue weighted by Gasteiger charge is 2.32. The van der Waals surface area contributed by atoms with Crippen molar-refractivity contribution in [1.29, 1.82) is 0 Å². The van der Waals surface area contributed by atoms with E-state index in [0.717, 1.165) is 11.5 Å². The molecule has 0 saturated carbocycles. The molecule has 6 rings (SSSR count). The van der Waals surface area contributed by atoms with Crippen molar-refractivity contribution in [2.24, 2.45) is 7.05 Å². The number of rotatable bonds is 0. The minimum Gasteiger partial charge on any atom is -0.455 e. The van der Waals surface area contributed by atoms with Crippen LogP contribution in [0, 0.1) is 13.8 Å². The van der Waals surface area contributed by atoms with Crippen LogP contribution in [0.15, 0.2) is 66.9 Å². The highest BCUT2D eigenvalue weighted by Crippen LogP contribution is 2.51. The van der Waals surface area contributed by atoms with Gasteiger partial charge in [0.05, 0.1) is 10.9 Å². The normalized spacial score (nSPS) is 12.4. The van der Waals surface area contributed by atoms with Crippen molar-refractivity contribution in [3.8, 4) is 22.8 Å². The Bertz CT molecular complexity index is 1460. The van der Waals surface area contributed by atoms with Gasteiger partial charge in [-0.3, -0.25) is 0 Å². The van der Waals surface area contributed by atoms with Crippen LogP contribution in [0.2, 0.25) is 0 Å². The number of aromatic nitrogens is 1. The highest BCUT2D eigenvalue weighted by atomic mass is 16.5. The minimum absolute atomic E-state index is 0.945. The zero-order chi connectivity index (χ0) is 19.0. The lowest BCUT2D eigenvalue weighted by Gasteiger charge is -2.24. The number of fused-ring (bicyclic) bond motifs is 5. The zero-order valence-electron chi connectivity index (χ0n) is 16.2. The maximum atomic E-state index is 6.65. The molecule has 1 aliphatic rings. The summed E-state index contributed by atoms with van der Waals surface area (Å²) in [5.41, 5.74) is 5.02. The number of benzene rings is 4. The summed E-state index contributed by atoms with van der Waals surface area (Å²) in [5, 5.41) is 7.41. The molecule has 0 unspecified atom stereocenters. The molecule has 2 nitrogen and oxygen atoms in total. The van der Waals surface area contributed by atoms with Gasteiger partial charge in [-0.1, -0.05) is 48.5 Å². The Labute approximate surface area is 163 Å². The Kier molecular flexibility index (Phi) is 2.98. The summed E-state index contributed by atoms with van der Waals surface area (Å²) in [6.45, 7) is 4.43. The van der Waals surface area contributed by atoms with Crippen LogP contribution in [0.1, 0.15) is 11.1 Å². The molecule has 2 heteroatoms. The molecule has 0 N–H and O–H groups in total.